The highest BCUT2D eigenvalue weighted by atomic mass is 15.2. The maximum absolute atomic E-state index is 2.64. The van der Waals surface area contributed by atoms with Crippen LogP contribution in [-0.2, 0) is 0 Å². The van der Waals surface area contributed by atoms with Gasteiger partial charge in [-0.3, -0.25) is 0 Å². The molecule has 0 amide bonds. The van der Waals surface area contributed by atoms with Crippen LogP contribution in [0.2, 0.25) is 0 Å². The van der Waals surface area contributed by atoms with Gasteiger partial charge in [0.25, 0.3) is 0 Å². The average Bonchev–Trinajstić information content (AvgIpc) is 3.34. The molecule has 12 rings (SSSR count). The van der Waals surface area contributed by atoms with Crippen LogP contribution in [0.3, 0.4) is 0 Å². The average molecular weight is 857 g/mol. The van der Waals surface area contributed by atoms with Gasteiger partial charge in [-0.25, -0.2) is 0 Å². The third kappa shape index (κ3) is 7.00. The van der Waals surface area contributed by atoms with Crippen LogP contribution in [-0.4, -0.2) is 0 Å². The molecule has 2 aliphatic rings. The third-order valence-electron chi connectivity index (χ3n) is 15.4. The molecule has 326 valence electrons. The van der Waals surface area contributed by atoms with Gasteiger partial charge in [0.2, 0.25) is 0 Å². The van der Waals surface area contributed by atoms with E-state index in [1.165, 1.54) is 186 Å². The number of rotatable bonds is 8. The van der Waals surface area contributed by atoms with Gasteiger partial charge in [-0.2, -0.15) is 0 Å². The van der Waals surface area contributed by atoms with Crippen molar-refractivity contribution in [3.63, 3.8) is 0 Å². The number of hydrogen-bond donors (Lipinski definition) is 0. The second-order valence-electron chi connectivity index (χ2n) is 20.1. The number of anilines is 6. The molecule has 0 radical (unpaired) electrons. The molecule has 2 heteroatoms. The van der Waals surface area contributed by atoms with Crippen molar-refractivity contribution >= 4 is 88.0 Å². The SMILES string of the molecule is Cc1cc(C)cc(N(c2cccc3ccccc23)c2cc(C3CCCCC3)c3ccc4c(N(c5cc(C)cc(C)c5)c5cccc6ccccc56)cc(C5CCCCC5)c5ccc2c3c54)c1. The standard InChI is InChI=1S/C64H60N2/c1-41-33-42(2)36-49(35-41)65(59-27-15-23-45-21-11-13-25-51(45)59)61-39-57(47-17-7-5-8-18-47)53-30-32-56-62(40-58(48-19-9-6-10-20-48)54-29-31-55(61)63(53)64(54)56)66(50-37-43(3)34-44(4)38-50)60-28-16-24-46-22-12-14-26-52(46)60/h11-16,21-40,47-48H,5-10,17-20H2,1-4H3. The van der Waals surface area contributed by atoms with Crippen LogP contribution in [0.15, 0.2) is 158 Å². The van der Waals surface area contributed by atoms with E-state index in [4.69, 9.17) is 0 Å². The Morgan fingerprint density at radius 1 is 0.318 bits per heavy atom. The molecule has 0 spiro atoms. The molecule has 2 aliphatic carbocycles. The zero-order chi connectivity index (χ0) is 44.5. The maximum atomic E-state index is 2.64. The van der Waals surface area contributed by atoms with Crippen LogP contribution >= 0.6 is 0 Å². The number of nitrogens with zero attached hydrogens (tertiary/aromatic N) is 2. The van der Waals surface area contributed by atoms with E-state index in [9.17, 15) is 0 Å². The zero-order valence-corrected chi connectivity index (χ0v) is 39.1. The molecule has 0 unspecified atom stereocenters. The molecular weight excluding hydrogens is 797 g/mol. The van der Waals surface area contributed by atoms with Crippen LogP contribution in [0.5, 0.6) is 0 Å². The van der Waals surface area contributed by atoms with Gasteiger partial charge in [0.15, 0.2) is 0 Å². The smallest absolute Gasteiger partial charge is 0.0543 e. The molecule has 0 N–H and O–H groups in total. The summed E-state index contributed by atoms with van der Waals surface area (Å²) >= 11 is 0. The van der Waals surface area contributed by atoms with E-state index in [2.05, 4.69) is 195 Å². The number of hydrogen-bond acceptors (Lipinski definition) is 2. The van der Waals surface area contributed by atoms with Gasteiger partial charge in [-0.15, -0.1) is 0 Å². The lowest BCUT2D eigenvalue weighted by atomic mass is 9.77. The summed E-state index contributed by atoms with van der Waals surface area (Å²) in [5.74, 6) is 1.02. The van der Waals surface area contributed by atoms with Crippen molar-refractivity contribution in [1.29, 1.82) is 0 Å². The summed E-state index contributed by atoms with van der Waals surface area (Å²) in [6.45, 7) is 9.00. The van der Waals surface area contributed by atoms with E-state index in [1.54, 1.807) is 0 Å². The molecule has 10 aromatic carbocycles. The molecule has 2 fully saturated rings. The van der Waals surface area contributed by atoms with E-state index in [0.29, 0.717) is 11.8 Å². The highest BCUT2D eigenvalue weighted by Gasteiger charge is 2.30. The normalized spacial score (nSPS) is 15.2. The fourth-order valence-corrected chi connectivity index (χ4v) is 12.7. The lowest BCUT2D eigenvalue weighted by molar-refractivity contribution is 0.445. The summed E-state index contributed by atoms with van der Waals surface area (Å²) in [6, 6.07) is 61.3. The summed E-state index contributed by atoms with van der Waals surface area (Å²) in [4.78, 5) is 5.25. The molecule has 0 atom stereocenters. The predicted octanol–water partition coefficient (Wildman–Crippen LogP) is 19.2. The quantitative estimate of drug-likeness (QED) is 0.141. The first-order valence-corrected chi connectivity index (χ1v) is 24.9. The Balaban J connectivity index is 1.24. The third-order valence-corrected chi connectivity index (χ3v) is 15.4. The zero-order valence-electron chi connectivity index (χ0n) is 39.1. The summed E-state index contributed by atoms with van der Waals surface area (Å²) in [7, 11) is 0. The van der Waals surface area contributed by atoms with Gasteiger partial charge in [0.05, 0.1) is 22.7 Å². The van der Waals surface area contributed by atoms with E-state index in [0.717, 1.165) is 0 Å². The van der Waals surface area contributed by atoms with Crippen molar-refractivity contribution in [3.8, 4) is 0 Å². The lowest BCUT2D eigenvalue weighted by Gasteiger charge is -2.34. The van der Waals surface area contributed by atoms with Gasteiger partial charge in [0, 0.05) is 32.9 Å². The first-order chi connectivity index (χ1) is 32.4. The Hall–Kier alpha value is -6.64. The molecule has 0 heterocycles. The maximum Gasteiger partial charge on any atom is 0.0543 e. The van der Waals surface area contributed by atoms with Gasteiger partial charge in [0.1, 0.15) is 0 Å². The van der Waals surface area contributed by atoms with Crippen molar-refractivity contribution in [2.45, 2.75) is 104 Å². The van der Waals surface area contributed by atoms with Crippen LogP contribution in [0, 0.1) is 27.7 Å². The van der Waals surface area contributed by atoms with Crippen molar-refractivity contribution in [3.05, 3.63) is 191 Å². The topological polar surface area (TPSA) is 6.48 Å². The molecule has 0 bridgehead atoms. The highest BCUT2D eigenvalue weighted by Crippen LogP contribution is 2.54. The fourth-order valence-electron chi connectivity index (χ4n) is 12.7. The molecule has 2 saturated carbocycles. The minimum atomic E-state index is 0.510. The Bertz CT molecular complexity index is 3170. The van der Waals surface area contributed by atoms with Crippen LogP contribution in [0.4, 0.5) is 34.1 Å². The first-order valence-electron chi connectivity index (χ1n) is 24.9. The van der Waals surface area contributed by atoms with Crippen molar-refractivity contribution in [1.82, 2.24) is 0 Å². The Morgan fingerprint density at radius 3 is 1.09 bits per heavy atom. The number of benzene rings is 10. The Labute approximate surface area is 390 Å². The van der Waals surface area contributed by atoms with Gasteiger partial charge < -0.3 is 9.80 Å². The van der Waals surface area contributed by atoms with Gasteiger partial charge in [-0.05, 0) is 179 Å². The minimum absolute atomic E-state index is 0.510. The van der Waals surface area contributed by atoms with Crippen LogP contribution in [0.1, 0.15) is 109 Å². The molecular formula is C64H60N2. The van der Waals surface area contributed by atoms with Crippen molar-refractivity contribution in [2.75, 3.05) is 9.80 Å². The fraction of sp³-hybridized carbons (Fsp3) is 0.250. The van der Waals surface area contributed by atoms with E-state index in [-0.39, 0.29) is 0 Å². The minimum Gasteiger partial charge on any atom is -0.309 e. The predicted molar refractivity (Wildman–Crippen MR) is 285 cm³/mol. The van der Waals surface area contributed by atoms with Crippen molar-refractivity contribution < 1.29 is 0 Å². The molecule has 0 aromatic heterocycles. The van der Waals surface area contributed by atoms with Gasteiger partial charge >= 0.3 is 0 Å². The monoisotopic (exact) mass is 856 g/mol. The summed E-state index contributed by atoms with van der Waals surface area (Å²) in [5.41, 5.74) is 15.6. The first kappa shape index (κ1) is 40.8. The Morgan fingerprint density at radius 2 is 0.682 bits per heavy atom. The van der Waals surface area contributed by atoms with Gasteiger partial charge in [-0.1, -0.05) is 148 Å². The van der Waals surface area contributed by atoms with Crippen molar-refractivity contribution in [2.24, 2.45) is 0 Å². The van der Waals surface area contributed by atoms with E-state index in [1.807, 2.05) is 0 Å². The summed E-state index contributed by atoms with van der Waals surface area (Å²) in [5, 5.41) is 13.4. The highest BCUT2D eigenvalue weighted by molar-refractivity contribution is 6.30. The molecule has 0 saturated heterocycles. The van der Waals surface area contributed by atoms with Crippen LogP contribution in [0.25, 0.3) is 53.9 Å². The van der Waals surface area contributed by atoms with E-state index >= 15 is 0 Å². The number of fused-ring (bicyclic) bond motifs is 2. The molecule has 2 nitrogen and oxygen atoms in total. The van der Waals surface area contributed by atoms with Crippen LogP contribution < -0.4 is 9.80 Å². The lowest BCUT2D eigenvalue weighted by Crippen LogP contribution is -2.15. The number of aryl methyl sites for hydroxylation is 4. The summed E-state index contributed by atoms with van der Waals surface area (Å²) in [6.07, 6.45) is 12.8. The molecule has 10 aromatic rings. The molecule has 0 aliphatic heterocycles. The second-order valence-corrected chi connectivity index (χ2v) is 20.1. The summed E-state index contributed by atoms with van der Waals surface area (Å²) < 4.78 is 0. The second kappa shape index (κ2) is 16.7. The molecule has 66 heavy (non-hydrogen) atoms. The largest absolute Gasteiger partial charge is 0.309 e. The Kier molecular flexibility index (Phi) is 10.3. The van der Waals surface area contributed by atoms with E-state index < -0.39 is 0 Å².